The summed E-state index contributed by atoms with van der Waals surface area (Å²) in [6.07, 6.45) is 3.23. The largest absolute Gasteiger partial charge is 0.524 e. The zero-order chi connectivity index (χ0) is 42.9. The van der Waals surface area contributed by atoms with Crippen LogP contribution in [0.15, 0.2) is 41.8 Å². The average Bonchev–Trinajstić information content (AvgIpc) is 3.63. The van der Waals surface area contributed by atoms with Crippen LogP contribution in [0.2, 0.25) is 0 Å². The van der Waals surface area contributed by atoms with E-state index in [2.05, 4.69) is 46.1 Å². The van der Waals surface area contributed by atoms with E-state index in [4.69, 9.17) is 27.0 Å². The summed E-state index contributed by atoms with van der Waals surface area (Å²) in [7, 11) is -4.86. The number of hydrogen-bond donors (Lipinski definition) is 12. The van der Waals surface area contributed by atoms with Crippen LogP contribution in [-0.2, 0) is 46.2 Å². The van der Waals surface area contributed by atoms with Gasteiger partial charge in [-0.25, -0.2) is 14.3 Å². The van der Waals surface area contributed by atoms with Crippen LogP contribution in [0.25, 0.3) is 0 Å². The monoisotopic (exact) mass is 823 g/mol. The van der Waals surface area contributed by atoms with Crippen LogP contribution in [-0.4, -0.2) is 109 Å². The van der Waals surface area contributed by atoms with Crippen LogP contribution >= 0.6 is 7.82 Å². The number of benzene rings is 1. The van der Waals surface area contributed by atoms with Crippen LogP contribution in [0.5, 0.6) is 5.75 Å². The molecule has 2 rings (SSSR count). The maximum absolute atomic E-state index is 13.8. The lowest BCUT2D eigenvalue weighted by molar-refractivity contribution is -0.142. The highest BCUT2D eigenvalue weighted by Crippen LogP contribution is 2.37. The summed E-state index contributed by atoms with van der Waals surface area (Å²) >= 11 is 0. The molecule has 57 heavy (non-hydrogen) atoms. The standard InChI is InChI=1S/C34H54N11O11P/c1-5-24(30(48)45-26(13-18(2)3)31(49)43-25(33(51)52)7-6-12-39-34(36)37)42-32(50)27(14-20-8-10-22(11-9-20)56-57(53,54)55)44-28(46)19(4)41-29(47)23(35)15-21-16-38-17-40-21/h8-11,16-19,23-27H,5-7,12-15,35H2,1-4H3,(H,38,40)(H,41,47)(H,42,50)(H,43,49)(H,44,46)(H,45,48)(H,51,52)(H4,36,37,39)(H2,53,54,55)/t19-,23-,24-,25-,26-,27-/m0/s1. The number of aromatic nitrogens is 2. The van der Waals surface area contributed by atoms with E-state index < -0.39 is 79.6 Å². The number of carboxylic acid groups (broad SMARTS) is 1. The molecule has 0 aliphatic heterocycles. The number of rotatable bonds is 24. The molecule has 316 valence electrons. The minimum Gasteiger partial charge on any atom is -0.480 e. The zero-order valence-electron chi connectivity index (χ0n) is 32.1. The molecule has 0 saturated heterocycles. The smallest absolute Gasteiger partial charge is 0.480 e. The van der Waals surface area contributed by atoms with Gasteiger partial charge in [0.05, 0.1) is 12.4 Å². The molecule has 6 atom stereocenters. The second-order valence-corrected chi connectivity index (χ2v) is 14.8. The normalized spacial score (nSPS) is 14.5. The highest BCUT2D eigenvalue weighted by atomic mass is 31.2. The van der Waals surface area contributed by atoms with Gasteiger partial charge in [0.1, 0.15) is 36.0 Å². The molecule has 0 saturated carbocycles. The summed E-state index contributed by atoms with van der Waals surface area (Å²) in [5.41, 5.74) is 17.6. The van der Waals surface area contributed by atoms with E-state index in [0.29, 0.717) is 11.3 Å². The van der Waals surface area contributed by atoms with Gasteiger partial charge in [0, 0.05) is 31.3 Å². The summed E-state index contributed by atoms with van der Waals surface area (Å²) in [6, 6.07) is -2.00. The van der Waals surface area contributed by atoms with Crippen molar-refractivity contribution in [1.82, 2.24) is 36.6 Å². The number of H-pyrrole nitrogens is 1. The number of carboxylic acids is 1. The Morgan fingerprint density at radius 3 is 1.96 bits per heavy atom. The van der Waals surface area contributed by atoms with Gasteiger partial charge in [-0.3, -0.25) is 38.8 Å². The van der Waals surface area contributed by atoms with Gasteiger partial charge in [-0.2, -0.15) is 0 Å². The third-order valence-electron chi connectivity index (χ3n) is 8.25. The van der Waals surface area contributed by atoms with E-state index in [9.17, 15) is 38.4 Å². The summed E-state index contributed by atoms with van der Waals surface area (Å²) in [5, 5.41) is 22.4. The molecule has 1 heterocycles. The molecular formula is C34H54N11O11P. The number of aliphatic carboxylic acids is 1. The van der Waals surface area contributed by atoms with Gasteiger partial charge in [-0.1, -0.05) is 32.9 Å². The Hall–Kier alpha value is -5.57. The first-order valence-corrected chi connectivity index (χ1v) is 19.6. The van der Waals surface area contributed by atoms with Gasteiger partial charge < -0.3 is 58.4 Å². The number of imidazole rings is 1. The Balaban J connectivity index is 2.25. The van der Waals surface area contributed by atoms with Crippen molar-refractivity contribution in [1.29, 1.82) is 0 Å². The van der Waals surface area contributed by atoms with Crippen molar-refractivity contribution in [3.8, 4) is 5.75 Å². The number of amides is 5. The Morgan fingerprint density at radius 1 is 0.842 bits per heavy atom. The minimum absolute atomic E-state index is 0.000652. The van der Waals surface area contributed by atoms with Gasteiger partial charge >= 0.3 is 13.8 Å². The summed E-state index contributed by atoms with van der Waals surface area (Å²) in [6.45, 7) is 6.70. The predicted octanol–water partition coefficient (Wildman–Crippen LogP) is -1.97. The number of phosphoric ester groups is 1. The first-order valence-electron chi connectivity index (χ1n) is 18.1. The molecule has 0 aliphatic carbocycles. The number of guanidine groups is 1. The van der Waals surface area contributed by atoms with Crippen molar-refractivity contribution in [3.05, 3.63) is 48.0 Å². The van der Waals surface area contributed by atoms with Crippen LogP contribution < -0.4 is 48.3 Å². The Kier molecular flexibility index (Phi) is 19.1. The lowest BCUT2D eigenvalue weighted by Gasteiger charge is -2.27. The van der Waals surface area contributed by atoms with Gasteiger partial charge in [0.15, 0.2) is 5.96 Å². The molecular weight excluding hydrogens is 769 g/mol. The SMILES string of the molecule is CC[C@H](NC(=O)[C@H](Cc1ccc(OP(=O)(O)O)cc1)NC(=O)[C@H](C)NC(=O)[C@@H](N)Cc1cnc[nH]1)C(=O)N[C@@H](CC(C)C)C(=O)N[C@@H](CCCN=C(N)N)C(=O)O. The van der Waals surface area contributed by atoms with E-state index >= 15 is 0 Å². The second kappa shape index (κ2) is 22.9. The Morgan fingerprint density at radius 2 is 1.42 bits per heavy atom. The summed E-state index contributed by atoms with van der Waals surface area (Å²) < 4.78 is 15.8. The topological polar surface area (TPSA) is 369 Å². The highest BCUT2D eigenvalue weighted by molar-refractivity contribution is 7.46. The van der Waals surface area contributed by atoms with Crippen molar-refractivity contribution in [3.63, 3.8) is 0 Å². The third kappa shape index (κ3) is 17.8. The molecule has 1 aromatic carbocycles. The van der Waals surface area contributed by atoms with Crippen LogP contribution in [0.3, 0.4) is 0 Å². The third-order valence-corrected chi connectivity index (χ3v) is 8.69. The molecule has 1 aromatic heterocycles. The number of nitrogens with zero attached hydrogens (tertiary/aromatic N) is 2. The maximum atomic E-state index is 13.8. The number of aliphatic imine (C=N–C) groups is 1. The molecule has 5 amide bonds. The van der Waals surface area contributed by atoms with E-state index in [0.717, 1.165) is 0 Å². The van der Waals surface area contributed by atoms with Crippen LogP contribution in [0.1, 0.15) is 64.6 Å². The fourth-order valence-corrected chi connectivity index (χ4v) is 5.71. The van der Waals surface area contributed by atoms with Crippen molar-refractivity contribution >= 4 is 49.3 Å². The van der Waals surface area contributed by atoms with Gasteiger partial charge in [0.2, 0.25) is 29.5 Å². The van der Waals surface area contributed by atoms with Crippen molar-refractivity contribution in [2.24, 2.45) is 28.1 Å². The maximum Gasteiger partial charge on any atom is 0.524 e. The lowest BCUT2D eigenvalue weighted by Crippen LogP contribution is -2.59. The van der Waals surface area contributed by atoms with Crippen LogP contribution in [0, 0.1) is 5.92 Å². The molecule has 0 fully saturated rings. The molecule has 0 unspecified atom stereocenters. The first kappa shape index (κ1) is 47.6. The zero-order valence-corrected chi connectivity index (χ0v) is 33.0. The fourth-order valence-electron chi connectivity index (χ4n) is 5.31. The number of carbonyl (C=O) groups is 6. The molecule has 0 aliphatic rings. The molecule has 0 spiro atoms. The van der Waals surface area contributed by atoms with Crippen molar-refractivity contribution < 1.29 is 52.7 Å². The van der Waals surface area contributed by atoms with E-state index in [1.165, 1.54) is 43.7 Å². The van der Waals surface area contributed by atoms with E-state index in [1.54, 1.807) is 20.8 Å². The summed E-state index contributed by atoms with van der Waals surface area (Å²) in [5.74, 6) is -5.54. The highest BCUT2D eigenvalue weighted by Gasteiger charge is 2.32. The number of phosphoric acid groups is 1. The lowest BCUT2D eigenvalue weighted by atomic mass is 10.0. The molecule has 0 bridgehead atoms. The number of carbonyl (C=O) groups excluding carboxylic acids is 5. The molecule has 22 nitrogen and oxygen atoms in total. The number of aromatic amines is 1. The first-order chi connectivity index (χ1) is 26.7. The quantitative estimate of drug-likeness (QED) is 0.0237. The number of nitrogens with two attached hydrogens (primary N) is 3. The fraction of sp³-hybridized carbons (Fsp3) is 0.529. The van der Waals surface area contributed by atoms with Crippen molar-refractivity contribution in [2.75, 3.05) is 6.54 Å². The Labute approximate surface area is 329 Å². The van der Waals surface area contributed by atoms with Crippen LogP contribution in [0.4, 0.5) is 0 Å². The summed E-state index contributed by atoms with van der Waals surface area (Å²) in [4.78, 5) is 107. The molecule has 2 aromatic rings. The average molecular weight is 824 g/mol. The van der Waals surface area contributed by atoms with Gasteiger partial charge in [-0.15, -0.1) is 0 Å². The van der Waals surface area contributed by atoms with Gasteiger partial charge in [-0.05, 0) is 56.2 Å². The van der Waals surface area contributed by atoms with Gasteiger partial charge in [0.25, 0.3) is 0 Å². The number of nitrogens with one attached hydrogen (secondary N) is 6. The molecule has 15 N–H and O–H groups in total. The second-order valence-electron chi connectivity index (χ2n) is 13.6. The molecule has 0 radical (unpaired) electrons. The predicted molar refractivity (Wildman–Crippen MR) is 206 cm³/mol. The molecule has 23 heteroatoms. The van der Waals surface area contributed by atoms with Crippen molar-refractivity contribution in [2.45, 2.75) is 102 Å². The van der Waals surface area contributed by atoms with E-state index in [1.807, 2.05) is 0 Å². The number of hydrogen-bond acceptors (Lipinski definition) is 11. The Bertz CT molecular complexity index is 1730. The van der Waals surface area contributed by atoms with E-state index in [-0.39, 0.29) is 62.7 Å². The minimum atomic E-state index is -4.86.